The molecular weight excluding hydrogens is 172 g/mol. The molecule has 0 aliphatic heterocycles. The normalized spacial score (nSPS) is 8.38. The zero-order valence-electron chi connectivity index (χ0n) is 3.62. The molecule has 0 bridgehead atoms. The number of halogens is 3. The largest absolute Gasteiger partial charge is 0.365 e. The van der Waals surface area contributed by atoms with E-state index in [-0.39, 0.29) is 9.52 Å². The van der Waals surface area contributed by atoms with Gasteiger partial charge in [-0.25, -0.2) is 0 Å². The van der Waals surface area contributed by atoms with Gasteiger partial charge in [-0.2, -0.15) is 0 Å². The second kappa shape index (κ2) is 3.17. The van der Waals surface area contributed by atoms with Crippen molar-refractivity contribution >= 4 is 40.7 Å². The lowest BCUT2D eigenvalue weighted by Gasteiger charge is -1.86. The van der Waals surface area contributed by atoms with Gasteiger partial charge in [-0.1, -0.05) is 34.8 Å². The first-order chi connectivity index (χ1) is 3.55. The SMILES string of the molecule is NC(=O)C(Cl)=C(Cl)Cl. The van der Waals surface area contributed by atoms with Crippen LogP contribution in [0.3, 0.4) is 0 Å². The van der Waals surface area contributed by atoms with Crippen LogP contribution in [0, 0.1) is 0 Å². The summed E-state index contributed by atoms with van der Waals surface area (Å²) in [7, 11) is 0. The molecule has 0 aliphatic rings. The number of amides is 1. The second-order valence-corrected chi connectivity index (χ2v) is 2.27. The van der Waals surface area contributed by atoms with E-state index in [4.69, 9.17) is 34.8 Å². The number of rotatable bonds is 1. The maximum absolute atomic E-state index is 10.0. The molecule has 0 heterocycles. The molecule has 0 saturated carbocycles. The van der Waals surface area contributed by atoms with Crippen LogP contribution in [0.2, 0.25) is 0 Å². The molecule has 46 valence electrons. The van der Waals surface area contributed by atoms with Crippen molar-refractivity contribution in [1.82, 2.24) is 0 Å². The zero-order chi connectivity index (χ0) is 6.73. The van der Waals surface area contributed by atoms with Gasteiger partial charge in [-0.05, 0) is 0 Å². The van der Waals surface area contributed by atoms with Crippen LogP contribution in [0.4, 0.5) is 0 Å². The van der Waals surface area contributed by atoms with E-state index in [1.165, 1.54) is 0 Å². The van der Waals surface area contributed by atoms with E-state index in [9.17, 15) is 4.79 Å². The van der Waals surface area contributed by atoms with Gasteiger partial charge < -0.3 is 5.73 Å². The third-order valence-electron chi connectivity index (χ3n) is 0.382. The van der Waals surface area contributed by atoms with Gasteiger partial charge in [0.15, 0.2) is 0 Å². The van der Waals surface area contributed by atoms with E-state index in [0.717, 1.165) is 0 Å². The second-order valence-electron chi connectivity index (χ2n) is 0.939. The van der Waals surface area contributed by atoms with Crippen molar-refractivity contribution in [2.75, 3.05) is 0 Å². The molecular formula is C3H2Cl3NO. The van der Waals surface area contributed by atoms with Crippen molar-refractivity contribution in [1.29, 1.82) is 0 Å². The molecule has 0 spiro atoms. The fourth-order valence-corrected chi connectivity index (χ4v) is 0.279. The van der Waals surface area contributed by atoms with Crippen LogP contribution in [0.5, 0.6) is 0 Å². The van der Waals surface area contributed by atoms with Gasteiger partial charge in [0.2, 0.25) is 0 Å². The van der Waals surface area contributed by atoms with Gasteiger partial charge in [0.25, 0.3) is 5.91 Å². The number of hydrogen-bond acceptors (Lipinski definition) is 1. The highest BCUT2D eigenvalue weighted by atomic mass is 35.5. The van der Waals surface area contributed by atoms with Crippen molar-refractivity contribution in [2.45, 2.75) is 0 Å². The Morgan fingerprint density at radius 3 is 1.62 bits per heavy atom. The molecule has 2 nitrogen and oxygen atoms in total. The predicted octanol–water partition coefficient (Wildman–Crippen LogP) is 1.36. The number of hydrogen-bond donors (Lipinski definition) is 1. The molecule has 0 aromatic rings. The lowest BCUT2D eigenvalue weighted by molar-refractivity contribution is -0.113. The van der Waals surface area contributed by atoms with Crippen molar-refractivity contribution in [3.8, 4) is 0 Å². The van der Waals surface area contributed by atoms with Crippen LogP contribution in [0.1, 0.15) is 0 Å². The highest BCUT2D eigenvalue weighted by molar-refractivity contribution is 6.62. The molecule has 0 unspecified atom stereocenters. The third kappa shape index (κ3) is 2.40. The zero-order valence-corrected chi connectivity index (χ0v) is 5.89. The Labute approximate surface area is 61.2 Å². The minimum atomic E-state index is -0.827. The summed E-state index contributed by atoms with van der Waals surface area (Å²) in [5, 5.41) is -0.340. The Kier molecular flexibility index (Phi) is 3.21. The van der Waals surface area contributed by atoms with E-state index in [2.05, 4.69) is 5.73 Å². The summed E-state index contributed by atoms with van der Waals surface area (Å²) in [4.78, 5) is 10.0. The first kappa shape index (κ1) is 8.08. The monoisotopic (exact) mass is 173 g/mol. The van der Waals surface area contributed by atoms with Crippen LogP contribution >= 0.6 is 34.8 Å². The first-order valence-electron chi connectivity index (χ1n) is 1.56. The molecule has 0 atom stereocenters. The fraction of sp³-hybridized carbons (Fsp3) is 0. The fourth-order valence-electron chi connectivity index (χ4n) is 0.0931. The number of carbonyl (C=O) groups excluding carboxylic acids is 1. The standard InChI is InChI=1S/C3H2Cl3NO/c4-1(2(5)6)3(7)8/h(H2,7,8). The van der Waals surface area contributed by atoms with Gasteiger partial charge in [-0.3, -0.25) is 4.79 Å². The van der Waals surface area contributed by atoms with Crippen LogP contribution in [-0.4, -0.2) is 5.91 Å². The van der Waals surface area contributed by atoms with Crippen molar-refractivity contribution in [2.24, 2.45) is 5.73 Å². The highest BCUT2D eigenvalue weighted by Gasteiger charge is 2.03. The first-order valence-corrected chi connectivity index (χ1v) is 2.69. The summed E-state index contributed by atoms with van der Waals surface area (Å²) in [6, 6.07) is 0. The summed E-state index contributed by atoms with van der Waals surface area (Å²) in [6.45, 7) is 0. The van der Waals surface area contributed by atoms with E-state index in [1.807, 2.05) is 0 Å². The lowest BCUT2D eigenvalue weighted by Crippen LogP contribution is -2.10. The van der Waals surface area contributed by atoms with Gasteiger partial charge in [0.1, 0.15) is 9.52 Å². The van der Waals surface area contributed by atoms with Gasteiger partial charge in [-0.15, -0.1) is 0 Å². The van der Waals surface area contributed by atoms with Crippen molar-refractivity contribution < 1.29 is 4.79 Å². The van der Waals surface area contributed by atoms with E-state index < -0.39 is 5.91 Å². The Bertz CT molecular complexity index is 137. The van der Waals surface area contributed by atoms with E-state index in [1.54, 1.807) is 0 Å². The van der Waals surface area contributed by atoms with Crippen LogP contribution < -0.4 is 5.73 Å². The summed E-state index contributed by atoms with van der Waals surface area (Å²) < 4.78 is -0.306. The van der Waals surface area contributed by atoms with E-state index >= 15 is 0 Å². The lowest BCUT2D eigenvalue weighted by atomic mass is 10.6. The predicted molar refractivity (Wildman–Crippen MR) is 33.8 cm³/mol. The molecule has 0 radical (unpaired) electrons. The van der Waals surface area contributed by atoms with Gasteiger partial charge in [0, 0.05) is 0 Å². The number of primary amides is 1. The molecule has 0 saturated heterocycles. The molecule has 0 aliphatic carbocycles. The van der Waals surface area contributed by atoms with E-state index in [0.29, 0.717) is 0 Å². The van der Waals surface area contributed by atoms with Crippen LogP contribution in [0.15, 0.2) is 9.52 Å². The topological polar surface area (TPSA) is 43.1 Å². The smallest absolute Gasteiger partial charge is 0.262 e. The molecule has 8 heavy (non-hydrogen) atoms. The molecule has 0 fully saturated rings. The van der Waals surface area contributed by atoms with Crippen LogP contribution in [-0.2, 0) is 4.79 Å². The minimum Gasteiger partial charge on any atom is -0.365 e. The summed E-state index contributed by atoms with van der Waals surface area (Å²) in [6.07, 6.45) is 0. The molecule has 1 amide bonds. The molecule has 0 aromatic carbocycles. The Balaban J connectivity index is 4.23. The van der Waals surface area contributed by atoms with Crippen molar-refractivity contribution in [3.05, 3.63) is 9.52 Å². The molecule has 0 rings (SSSR count). The summed E-state index contributed by atoms with van der Waals surface area (Å²) >= 11 is 15.2. The summed E-state index contributed by atoms with van der Waals surface area (Å²) in [5.41, 5.74) is 4.64. The van der Waals surface area contributed by atoms with Crippen LogP contribution in [0.25, 0.3) is 0 Å². The molecule has 5 heteroatoms. The van der Waals surface area contributed by atoms with Gasteiger partial charge >= 0.3 is 0 Å². The number of carbonyl (C=O) groups is 1. The Hall–Kier alpha value is 0.0800. The average Bonchev–Trinajstić information content (AvgIpc) is 1.64. The average molecular weight is 174 g/mol. The minimum absolute atomic E-state index is 0.306. The third-order valence-corrected chi connectivity index (χ3v) is 1.33. The molecule has 0 aromatic heterocycles. The molecule has 2 N–H and O–H groups in total. The maximum Gasteiger partial charge on any atom is 0.262 e. The Morgan fingerprint density at radius 1 is 1.25 bits per heavy atom. The highest BCUT2D eigenvalue weighted by Crippen LogP contribution is 2.16. The summed E-state index contributed by atoms with van der Waals surface area (Å²) in [5.74, 6) is -0.827. The van der Waals surface area contributed by atoms with Gasteiger partial charge in [0.05, 0.1) is 0 Å². The maximum atomic E-state index is 10.0. The quantitative estimate of drug-likeness (QED) is 0.599. The Morgan fingerprint density at radius 2 is 1.62 bits per heavy atom. The number of nitrogens with two attached hydrogens (primary N) is 1. The van der Waals surface area contributed by atoms with Crippen molar-refractivity contribution in [3.63, 3.8) is 0 Å².